The summed E-state index contributed by atoms with van der Waals surface area (Å²) in [5.41, 5.74) is 6.59. The number of amides is 1. The smallest absolute Gasteiger partial charge is 0.253 e. The first-order chi connectivity index (χ1) is 14.7. The van der Waals surface area contributed by atoms with Crippen LogP contribution in [0.3, 0.4) is 0 Å². The molecule has 3 aliphatic rings. The molecule has 1 aromatic rings. The number of piperidine rings is 1. The van der Waals surface area contributed by atoms with Gasteiger partial charge in [0.1, 0.15) is 0 Å². The Morgan fingerprint density at radius 3 is 2.23 bits per heavy atom. The number of benzene rings is 1. The first kappa shape index (κ1) is 21.1. The van der Waals surface area contributed by atoms with Gasteiger partial charge < -0.3 is 9.80 Å². The van der Waals surface area contributed by atoms with Crippen molar-refractivity contribution in [3.63, 3.8) is 0 Å². The third-order valence-corrected chi connectivity index (χ3v) is 6.83. The molecule has 0 N–H and O–H groups in total. The lowest BCUT2D eigenvalue weighted by Crippen LogP contribution is -2.32. The van der Waals surface area contributed by atoms with Crippen molar-refractivity contribution in [2.75, 3.05) is 32.7 Å². The zero-order valence-electron chi connectivity index (χ0n) is 18.7. The molecule has 1 heterocycles. The zero-order valence-corrected chi connectivity index (χ0v) is 18.7. The fourth-order valence-corrected chi connectivity index (χ4v) is 4.82. The van der Waals surface area contributed by atoms with Crippen molar-refractivity contribution in [3.8, 4) is 0 Å². The molecule has 4 rings (SSSR count). The lowest BCUT2D eigenvalue weighted by Gasteiger charge is -2.31. The standard InChI is InChI=1S/C27H36N2O/c1-3-29(4-2)27(30)25-14-12-23(13-15-25)26(22-8-6-5-7-9-22)24-16-18-28(19-17-24)20-21-10-11-21/h5-6,8,12-15,21H,3-4,7,9-11,16-20H2,1-2H3. The van der Waals surface area contributed by atoms with Gasteiger partial charge in [-0.25, -0.2) is 0 Å². The van der Waals surface area contributed by atoms with Crippen LogP contribution in [0.1, 0.15) is 68.3 Å². The number of carbonyl (C=O) groups excluding carboxylic acids is 1. The number of carbonyl (C=O) groups is 1. The monoisotopic (exact) mass is 404 g/mol. The lowest BCUT2D eigenvalue weighted by atomic mass is 9.84. The van der Waals surface area contributed by atoms with Crippen molar-refractivity contribution < 1.29 is 4.79 Å². The number of allylic oxidation sites excluding steroid dienone is 5. The number of rotatable bonds is 7. The van der Waals surface area contributed by atoms with Gasteiger partial charge in [0.2, 0.25) is 0 Å². The molecule has 3 nitrogen and oxygen atoms in total. The van der Waals surface area contributed by atoms with Gasteiger partial charge in [-0.15, -0.1) is 0 Å². The van der Waals surface area contributed by atoms with E-state index in [0.29, 0.717) is 0 Å². The summed E-state index contributed by atoms with van der Waals surface area (Å²) in [7, 11) is 0. The molecule has 0 radical (unpaired) electrons. The summed E-state index contributed by atoms with van der Waals surface area (Å²) >= 11 is 0. The van der Waals surface area contributed by atoms with Crippen LogP contribution in [0.2, 0.25) is 0 Å². The molecule has 1 aromatic carbocycles. The Morgan fingerprint density at radius 2 is 1.67 bits per heavy atom. The van der Waals surface area contributed by atoms with Crippen molar-refractivity contribution in [1.82, 2.24) is 9.80 Å². The van der Waals surface area contributed by atoms with Crippen molar-refractivity contribution in [2.24, 2.45) is 5.92 Å². The van der Waals surface area contributed by atoms with E-state index < -0.39 is 0 Å². The largest absolute Gasteiger partial charge is 0.339 e. The average molecular weight is 405 g/mol. The van der Waals surface area contributed by atoms with Crippen molar-refractivity contribution >= 4 is 11.5 Å². The van der Waals surface area contributed by atoms with Crippen LogP contribution in [0, 0.1) is 5.92 Å². The first-order valence-electron chi connectivity index (χ1n) is 11.9. The molecule has 0 atom stereocenters. The molecule has 0 aromatic heterocycles. The molecule has 2 aliphatic carbocycles. The first-order valence-corrected chi connectivity index (χ1v) is 11.9. The molecule has 1 saturated carbocycles. The van der Waals surface area contributed by atoms with E-state index in [2.05, 4.69) is 35.3 Å². The molecule has 1 aliphatic heterocycles. The zero-order chi connectivity index (χ0) is 20.9. The van der Waals surface area contributed by atoms with Crippen molar-refractivity contribution in [1.29, 1.82) is 0 Å². The maximum absolute atomic E-state index is 12.7. The Balaban J connectivity index is 1.58. The van der Waals surface area contributed by atoms with E-state index in [1.54, 1.807) is 5.57 Å². The minimum atomic E-state index is 0.133. The van der Waals surface area contributed by atoms with E-state index in [0.717, 1.165) is 37.4 Å². The van der Waals surface area contributed by atoms with Crippen LogP contribution >= 0.6 is 0 Å². The van der Waals surface area contributed by atoms with Crippen LogP contribution in [0.4, 0.5) is 0 Å². The highest BCUT2D eigenvalue weighted by atomic mass is 16.2. The summed E-state index contributed by atoms with van der Waals surface area (Å²) in [4.78, 5) is 17.3. The maximum atomic E-state index is 12.7. The number of hydrogen-bond acceptors (Lipinski definition) is 2. The number of hydrogen-bond donors (Lipinski definition) is 0. The van der Waals surface area contributed by atoms with E-state index >= 15 is 0 Å². The van der Waals surface area contributed by atoms with Gasteiger partial charge in [0.25, 0.3) is 5.91 Å². The minimum Gasteiger partial charge on any atom is -0.339 e. The van der Waals surface area contributed by atoms with Gasteiger partial charge >= 0.3 is 0 Å². The molecule has 1 saturated heterocycles. The highest BCUT2D eigenvalue weighted by Crippen LogP contribution is 2.37. The molecule has 0 spiro atoms. The molecular weight excluding hydrogens is 368 g/mol. The second-order valence-electron chi connectivity index (χ2n) is 8.94. The average Bonchev–Trinajstić information content (AvgIpc) is 3.61. The summed E-state index contributed by atoms with van der Waals surface area (Å²) in [6.07, 6.45) is 14.2. The number of likely N-dealkylation sites (tertiary alicyclic amines) is 1. The Kier molecular flexibility index (Phi) is 6.89. The molecule has 30 heavy (non-hydrogen) atoms. The molecule has 160 valence electrons. The third-order valence-electron chi connectivity index (χ3n) is 6.83. The SMILES string of the molecule is CCN(CC)C(=O)c1ccc(C(C2=CC=CCC2)=C2CCN(CC3CC3)CC2)cc1. The fraction of sp³-hybridized carbons (Fsp3) is 0.519. The van der Waals surface area contributed by atoms with Crippen LogP contribution in [-0.2, 0) is 0 Å². The van der Waals surface area contributed by atoms with E-state index in [1.165, 1.54) is 62.0 Å². The van der Waals surface area contributed by atoms with E-state index in [1.807, 2.05) is 30.9 Å². The predicted molar refractivity (Wildman–Crippen MR) is 125 cm³/mol. The van der Waals surface area contributed by atoms with E-state index in [9.17, 15) is 4.79 Å². The van der Waals surface area contributed by atoms with Crippen LogP contribution in [-0.4, -0.2) is 48.4 Å². The predicted octanol–water partition coefficient (Wildman–Crippen LogP) is 5.70. The van der Waals surface area contributed by atoms with Crippen molar-refractivity contribution in [2.45, 2.75) is 52.4 Å². The third kappa shape index (κ3) is 4.95. The summed E-state index contributed by atoms with van der Waals surface area (Å²) in [5, 5.41) is 0. The quantitative estimate of drug-likeness (QED) is 0.581. The second kappa shape index (κ2) is 9.78. The van der Waals surface area contributed by atoms with Crippen LogP contribution in [0.5, 0.6) is 0 Å². The summed E-state index contributed by atoms with van der Waals surface area (Å²) < 4.78 is 0. The molecule has 0 unspecified atom stereocenters. The van der Waals surface area contributed by atoms with E-state index in [4.69, 9.17) is 0 Å². The number of nitrogens with zero attached hydrogens (tertiary/aromatic N) is 2. The molecule has 2 fully saturated rings. The van der Waals surface area contributed by atoms with E-state index in [-0.39, 0.29) is 5.91 Å². The van der Waals surface area contributed by atoms with Gasteiger partial charge in [-0.05, 0) is 87.1 Å². The normalized spacial score (nSPS) is 19.5. The van der Waals surface area contributed by atoms with Crippen LogP contribution < -0.4 is 0 Å². The Morgan fingerprint density at radius 1 is 1.00 bits per heavy atom. The minimum absolute atomic E-state index is 0.133. The van der Waals surface area contributed by atoms with Crippen LogP contribution in [0.25, 0.3) is 5.57 Å². The molecule has 1 amide bonds. The summed E-state index contributed by atoms with van der Waals surface area (Å²) in [6.45, 7) is 9.27. The topological polar surface area (TPSA) is 23.6 Å². The maximum Gasteiger partial charge on any atom is 0.253 e. The van der Waals surface area contributed by atoms with Gasteiger partial charge in [0, 0.05) is 38.3 Å². The fourth-order valence-electron chi connectivity index (χ4n) is 4.82. The highest BCUT2D eigenvalue weighted by molar-refractivity contribution is 5.95. The second-order valence-corrected chi connectivity index (χ2v) is 8.94. The highest BCUT2D eigenvalue weighted by Gasteiger charge is 2.27. The van der Waals surface area contributed by atoms with Gasteiger partial charge in [0.05, 0.1) is 0 Å². The van der Waals surface area contributed by atoms with Crippen LogP contribution in [0.15, 0.2) is 53.6 Å². The molecular formula is C27H36N2O. The van der Waals surface area contributed by atoms with Gasteiger partial charge in [-0.3, -0.25) is 4.79 Å². The summed E-state index contributed by atoms with van der Waals surface area (Å²) in [5.74, 6) is 1.10. The van der Waals surface area contributed by atoms with Gasteiger partial charge in [-0.1, -0.05) is 35.9 Å². The Labute approximate surface area is 182 Å². The van der Waals surface area contributed by atoms with Gasteiger partial charge in [0.15, 0.2) is 0 Å². The molecule has 3 heteroatoms. The lowest BCUT2D eigenvalue weighted by molar-refractivity contribution is 0.0773. The van der Waals surface area contributed by atoms with Gasteiger partial charge in [-0.2, -0.15) is 0 Å². The summed E-state index contributed by atoms with van der Waals surface area (Å²) in [6, 6.07) is 8.40. The molecule has 0 bridgehead atoms. The Bertz CT molecular complexity index is 828. The Hall–Kier alpha value is -2.13. The van der Waals surface area contributed by atoms with Crippen molar-refractivity contribution in [3.05, 3.63) is 64.8 Å².